The number of urea groups is 1. The summed E-state index contributed by atoms with van der Waals surface area (Å²) >= 11 is 1.54. The highest BCUT2D eigenvalue weighted by Crippen LogP contribution is 2.28. The Morgan fingerprint density at radius 3 is 2.67 bits per heavy atom. The van der Waals surface area contributed by atoms with Crippen LogP contribution >= 0.6 is 11.3 Å². The lowest BCUT2D eigenvalue weighted by Gasteiger charge is -2.24. The Hall–Kier alpha value is -2.09. The van der Waals surface area contributed by atoms with Crippen LogP contribution in [0.2, 0.25) is 0 Å². The summed E-state index contributed by atoms with van der Waals surface area (Å²) in [5.74, 6) is -2.04. The molecule has 8 heteroatoms. The van der Waals surface area contributed by atoms with Crippen LogP contribution in [0.15, 0.2) is 16.8 Å². The number of hydrogen-bond donors (Lipinski definition) is 3. The van der Waals surface area contributed by atoms with Crippen molar-refractivity contribution < 1.29 is 19.5 Å². The maximum absolute atomic E-state index is 12.3. The Labute approximate surface area is 125 Å². The second-order valence-corrected chi connectivity index (χ2v) is 5.78. The molecule has 4 N–H and O–H groups in total. The lowest BCUT2D eigenvalue weighted by molar-refractivity contribution is -0.141. The van der Waals surface area contributed by atoms with Gasteiger partial charge in [-0.15, -0.1) is 0 Å². The zero-order valence-corrected chi connectivity index (χ0v) is 12.1. The molecule has 1 atom stereocenters. The van der Waals surface area contributed by atoms with Crippen molar-refractivity contribution in [1.82, 2.24) is 10.2 Å². The number of carbonyl (C=O) groups excluding carboxylic acids is 2. The van der Waals surface area contributed by atoms with Crippen LogP contribution in [0.3, 0.4) is 0 Å². The average Bonchev–Trinajstić information content (AvgIpc) is 3.11. The highest BCUT2D eigenvalue weighted by Gasteiger charge is 2.34. The van der Waals surface area contributed by atoms with Gasteiger partial charge in [0.25, 0.3) is 0 Å². The molecule has 2 rings (SSSR count). The summed E-state index contributed by atoms with van der Waals surface area (Å²) in [7, 11) is 0. The third-order valence-electron chi connectivity index (χ3n) is 3.18. The average molecular weight is 311 g/mol. The van der Waals surface area contributed by atoms with E-state index < -0.39 is 30.4 Å². The molecule has 1 aliphatic carbocycles. The van der Waals surface area contributed by atoms with E-state index in [0.717, 1.165) is 18.4 Å². The lowest BCUT2D eigenvalue weighted by atomic mass is 10.2. The Kier molecular flexibility index (Phi) is 4.79. The van der Waals surface area contributed by atoms with Crippen molar-refractivity contribution in [1.29, 1.82) is 0 Å². The van der Waals surface area contributed by atoms with Crippen molar-refractivity contribution in [3.05, 3.63) is 22.4 Å². The van der Waals surface area contributed by atoms with Crippen LogP contribution in [0, 0.1) is 0 Å². The van der Waals surface area contributed by atoms with E-state index in [-0.39, 0.29) is 6.04 Å². The van der Waals surface area contributed by atoms with E-state index in [1.165, 1.54) is 11.3 Å². The molecule has 3 amide bonds. The number of primary amides is 1. The number of aliphatic carboxylic acids is 1. The zero-order valence-electron chi connectivity index (χ0n) is 11.3. The van der Waals surface area contributed by atoms with Crippen LogP contribution in [-0.2, 0) is 16.1 Å². The number of carbonyl (C=O) groups is 3. The normalized spacial score (nSPS) is 15.2. The number of carboxylic acids is 1. The summed E-state index contributed by atoms with van der Waals surface area (Å²) in [6.45, 7) is 0.433. The third kappa shape index (κ3) is 4.45. The molecule has 1 aromatic heterocycles. The minimum absolute atomic E-state index is 0.132. The predicted molar refractivity (Wildman–Crippen MR) is 76.7 cm³/mol. The second-order valence-electron chi connectivity index (χ2n) is 5.00. The summed E-state index contributed by atoms with van der Waals surface area (Å²) < 4.78 is 0. The van der Waals surface area contributed by atoms with E-state index in [2.05, 4.69) is 5.32 Å². The zero-order chi connectivity index (χ0) is 15.4. The van der Waals surface area contributed by atoms with Crippen LogP contribution < -0.4 is 11.1 Å². The van der Waals surface area contributed by atoms with Crippen LogP contribution in [0.1, 0.15) is 24.8 Å². The first-order chi connectivity index (χ1) is 9.97. The number of nitrogens with two attached hydrogens (primary N) is 1. The number of thiophene rings is 1. The maximum atomic E-state index is 12.3. The standard InChI is InChI=1S/C13H17N3O4S/c14-11(17)5-10(12(18)19)15-13(20)16(9-1-2-9)6-8-3-4-21-7-8/h3-4,7,9-10H,1-2,5-6H2,(H2,14,17)(H,15,20)(H,18,19)/t10-/m1/s1. The highest BCUT2D eigenvalue weighted by molar-refractivity contribution is 7.07. The maximum Gasteiger partial charge on any atom is 0.326 e. The molecule has 0 aromatic carbocycles. The van der Waals surface area contributed by atoms with Crippen molar-refractivity contribution in [2.45, 2.75) is 37.9 Å². The fourth-order valence-corrected chi connectivity index (χ4v) is 2.63. The van der Waals surface area contributed by atoms with Crippen molar-refractivity contribution in [3.8, 4) is 0 Å². The number of amides is 3. The van der Waals surface area contributed by atoms with E-state index in [4.69, 9.17) is 10.8 Å². The SMILES string of the molecule is NC(=O)C[C@@H](NC(=O)N(Cc1ccsc1)C1CC1)C(=O)O. The number of carboxylic acid groups (broad SMARTS) is 1. The second kappa shape index (κ2) is 6.57. The van der Waals surface area contributed by atoms with Crippen molar-refractivity contribution in [2.75, 3.05) is 0 Å². The smallest absolute Gasteiger partial charge is 0.326 e. The van der Waals surface area contributed by atoms with Gasteiger partial charge in [0.05, 0.1) is 6.42 Å². The first-order valence-corrected chi connectivity index (χ1v) is 7.51. The molecule has 0 radical (unpaired) electrons. The molecule has 1 aromatic rings. The number of nitrogens with zero attached hydrogens (tertiary/aromatic N) is 1. The predicted octanol–water partition coefficient (Wildman–Crippen LogP) is 0.751. The Bertz CT molecular complexity index is 528. The van der Waals surface area contributed by atoms with Gasteiger partial charge >= 0.3 is 12.0 Å². The molecule has 0 saturated heterocycles. The Balaban J connectivity index is 2.00. The van der Waals surface area contributed by atoms with Gasteiger partial charge in [0.2, 0.25) is 5.91 Å². The quantitative estimate of drug-likeness (QED) is 0.689. The third-order valence-corrected chi connectivity index (χ3v) is 3.91. The van der Waals surface area contributed by atoms with E-state index >= 15 is 0 Å². The molecular formula is C13H17N3O4S. The van der Waals surface area contributed by atoms with Gasteiger partial charge in [0.1, 0.15) is 6.04 Å². The number of rotatable bonds is 7. The lowest BCUT2D eigenvalue weighted by Crippen LogP contribution is -2.49. The molecule has 0 aliphatic heterocycles. The van der Waals surface area contributed by atoms with Gasteiger partial charge in [-0.25, -0.2) is 9.59 Å². The molecule has 0 bridgehead atoms. The largest absolute Gasteiger partial charge is 0.480 e. The molecule has 1 saturated carbocycles. The van der Waals surface area contributed by atoms with Crippen LogP contribution in [-0.4, -0.2) is 40.0 Å². The van der Waals surface area contributed by atoms with Gasteiger partial charge in [-0.3, -0.25) is 4.79 Å². The molecule has 1 fully saturated rings. The fraction of sp³-hybridized carbons (Fsp3) is 0.462. The minimum Gasteiger partial charge on any atom is -0.480 e. The molecule has 0 unspecified atom stereocenters. The molecule has 1 heterocycles. The molecule has 1 aliphatic rings. The Morgan fingerprint density at radius 1 is 1.48 bits per heavy atom. The minimum atomic E-state index is -1.29. The highest BCUT2D eigenvalue weighted by atomic mass is 32.1. The van der Waals surface area contributed by atoms with Crippen molar-refractivity contribution in [2.24, 2.45) is 5.73 Å². The molecule has 7 nitrogen and oxygen atoms in total. The van der Waals surface area contributed by atoms with E-state index in [1.54, 1.807) is 4.90 Å². The van der Waals surface area contributed by atoms with E-state index in [0.29, 0.717) is 6.54 Å². The first kappa shape index (κ1) is 15.3. The molecular weight excluding hydrogens is 294 g/mol. The van der Waals surface area contributed by atoms with Gasteiger partial charge in [0, 0.05) is 12.6 Å². The Morgan fingerprint density at radius 2 is 2.19 bits per heavy atom. The van der Waals surface area contributed by atoms with Gasteiger partial charge in [-0.1, -0.05) is 0 Å². The molecule has 21 heavy (non-hydrogen) atoms. The topological polar surface area (TPSA) is 113 Å². The molecule has 114 valence electrons. The van der Waals surface area contributed by atoms with Crippen LogP contribution in [0.5, 0.6) is 0 Å². The molecule has 0 spiro atoms. The summed E-state index contributed by atoms with van der Waals surface area (Å²) in [4.78, 5) is 35.8. The van der Waals surface area contributed by atoms with Gasteiger partial charge < -0.3 is 21.1 Å². The van der Waals surface area contributed by atoms with E-state index in [9.17, 15) is 14.4 Å². The monoisotopic (exact) mass is 311 g/mol. The van der Waals surface area contributed by atoms with Crippen LogP contribution in [0.25, 0.3) is 0 Å². The number of nitrogens with one attached hydrogen (secondary N) is 1. The summed E-state index contributed by atoms with van der Waals surface area (Å²) in [5, 5.41) is 15.3. The van der Waals surface area contributed by atoms with Gasteiger partial charge in [-0.2, -0.15) is 11.3 Å². The summed E-state index contributed by atoms with van der Waals surface area (Å²) in [6, 6.07) is 0.287. The first-order valence-electron chi connectivity index (χ1n) is 6.56. The van der Waals surface area contributed by atoms with Crippen molar-refractivity contribution >= 4 is 29.2 Å². The van der Waals surface area contributed by atoms with Crippen molar-refractivity contribution in [3.63, 3.8) is 0 Å². The number of hydrogen-bond acceptors (Lipinski definition) is 4. The summed E-state index contributed by atoms with van der Waals surface area (Å²) in [6.07, 6.45) is 1.40. The van der Waals surface area contributed by atoms with Crippen LogP contribution in [0.4, 0.5) is 4.79 Å². The van der Waals surface area contributed by atoms with Gasteiger partial charge in [0.15, 0.2) is 0 Å². The summed E-state index contributed by atoms with van der Waals surface area (Å²) in [5.41, 5.74) is 6.00. The van der Waals surface area contributed by atoms with E-state index in [1.807, 2.05) is 16.8 Å². The van der Waals surface area contributed by atoms with Gasteiger partial charge in [-0.05, 0) is 35.2 Å². The fourth-order valence-electron chi connectivity index (χ4n) is 1.97.